The summed E-state index contributed by atoms with van der Waals surface area (Å²) in [5.41, 5.74) is 3.55. The number of nitrogens with zero attached hydrogens (tertiary/aromatic N) is 3. The number of halogens is 2. The van der Waals surface area contributed by atoms with Gasteiger partial charge in [0.1, 0.15) is 21.3 Å². The minimum absolute atomic E-state index is 0.273. The van der Waals surface area contributed by atoms with Gasteiger partial charge in [0.05, 0.1) is 17.6 Å². The van der Waals surface area contributed by atoms with Crippen LogP contribution in [0, 0.1) is 5.41 Å². The van der Waals surface area contributed by atoms with Crippen molar-refractivity contribution in [3.05, 3.63) is 46.7 Å². The highest BCUT2D eigenvalue weighted by Gasteiger charge is 2.17. The van der Waals surface area contributed by atoms with Crippen LogP contribution in [-0.2, 0) is 0 Å². The average Bonchev–Trinajstić information content (AvgIpc) is 2.81. The second kappa shape index (κ2) is 7.01. The lowest BCUT2D eigenvalue weighted by Gasteiger charge is -2.18. The zero-order valence-corrected chi connectivity index (χ0v) is 15.8. The molecule has 0 spiro atoms. The fourth-order valence-corrected chi connectivity index (χ4v) is 3.37. The van der Waals surface area contributed by atoms with Crippen LogP contribution in [0.1, 0.15) is 32.8 Å². The predicted octanol–water partition coefficient (Wildman–Crippen LogP) is 5.42. The monoisotopic (exact) mass is 417 g/mol. The highest BCUT2D eigenvalue weighted by Crippen LogP contribution is 2.27. The van der Waals surface area contributed by atoms with Gasteiger partial charge >= 0.3 is 0 Å². The molecule has 1 aliphatic rings. The number of likely N-dealkylation sites (N-methyl/N-ethyl adjacent to an activating group) is 1. The first-order valence-electron chi connectivity index (χ1n) is 6.96. The van der Waals surface area contributed by atoms with Crippen molar-refractivity contribution in [3.63, 3.8) is 0 Å². The largest absolute Gasteiger partial charge is 0.305 e. The molecule has 0 aromatic heterocycles. The molecular formula is C16H21ClIN3. The van der Waals surface area contributed by atoms with Crippen molar-refractivity contribution in [1.29, 1.82) is 0 Å². The molecule has 0 radical (unpaired) electrons. The minimum Gasteiger partial charge on any atom is -0.305 e. The van der Waals surface area contributed by atoms with Crippen LogP contribution in [0.3, 0.4) is 0 Å². The van der Waals surface area contributed by atoms with E-state index < -0.39 is 0 Å². The Kier molecular flexibility index (Phi) is 5.54. The summed E-state index contributed by atoms with van der Waals surface area (Å²) in [4.78, 5) is 4.86. The molecule has 114 valence electrons. The molecule has 3 nitrogen and oxygen atoms in total. The minimum atomic E-state index is -0.273. The van der Waals surface area contributed by atoms with E-state index in [9.17, 15) is 0 Å². The molecule has 0 atom stereocenters. The molecule has 0 aliphatic carbocycles. The van der Waals surface area contributed by atoms with Gasteiger partial charge in [0.2, 0.25) is 0 Å². The molecule has 21 heavy (non-hydrogen) atoms. The maximum Gasteiger partial charge on any atom is 0.120 e. The van der Waals surface area contributed by atoms with E-state index in [0.29, 0.717) is 5.41 Å². The Morgan fingerprint density at radius 2 is 1.95 bits per heavy atom. The third-order valence-electron chi connectivity index (χ3n) is 3.15. The van der Waals surface area contributed by atoms with Crippen molar-refractivity contribution in [2.45, 2.75) is 27.2 Å². The Hall–Kier alpha value is -0.750. The Bertz CT molecular complexity index is 583. The second-order valence-electron chi connectivity index (χ2n) is 6.21. The van der Waals surface area contributed by atoms with Crippen LogP contribution < -0.4 is 0 Å². The summed E-state index contributed by atoms with van der Waals surface area (Å²) in [7, 11) is 2.09. The van der Waals surface area contributed by atoms with Gasteiger partial charge in [-0.15, -0.1) is 0 Å². The van der Waals surface area contributed by atoms with Crippen LogP contribution in [0.4, 0.5) is 0 Å². The van der Waals surface area contributed by atoms with E-state index in [1.807, 2.05) is 30.5 Å². The summed E-state index contributed by atoms with van der Waals surface area (Å²) in [5, 5.41) is 0.749. The summed E-state index contributed by atoms with van der Waals surface area (Å²) in [5.74, 6) is 0. The maximum absolute atomic E-state index is 5.99. The molecular weight excluding hydrogens is 397 g/mol. The van der Waals surface area contributed by atoms with E-state index in [4.69, 9.17) is 16.6 Å². The average molecular weight is 418 g/mol. The lowest BCUT2D eigenvalue weighted by Crippen LogP contribution is -2.16. The van der Waals surface area contributed by atoms with E-state index in [-0.39, 0.29) is 21.3 Å². The van der Waals surface area contributed by atoms with E-state index in [1.165, 1.54) is 0 Å². The summed E-state index contributed by atoms with van der Waals surface area (Å²) >= 11 is 5.72. The van der Waals surface area contributed by atoms with Gasteiger partial charge in [-0.3, -0.25) is 4.99 Å². The van der Waals surface area contributed by atoms with Gasteiger partial charge in [-0.25, -0.2) is 3.15 Å². The van der Waals surface area contributed by atoms with Gasteiger partial charge in [-0.1, -0.05) is 44.5 Å². The zero-order chi connectivity index (χ0) is 15.5. The zero-order valence-electron chi connectivity index (χ0n) is 12.9. The maximum atomic E-state index is 5.99. The van der Waals surface area contributed by atoms with Crippen LogP contribution in [0.15, 0.2) is 44.3 Å². The smallest absolute Gasteiger partial charge is 0.120 e. The van der Waals surface area contributed by atoms with Crippen LogP contribution in [0.25, 0.3) is 0 Å². The topological polar surface area (TPSA) is 28.0 Å². The highest BCUT2D eigenvalue weighted by molar-refractivity contribution is 14.1. The summed E-state index contributed by atoms with van der Waals surface area (Å²) < 4.78 is 6.66. The van der Waals surface area contributed by atoms with Gasteiger partial charge in [-0.05, 0) is 24.0 Å². The summed E-state index contributed by atoms with van der Waals surface area (Å²) in [6.45, 7) is 7.55. The molecule has 1 aromatic rings. The molecule has 0 fully saturated rings. The van der Waals surface area contributed by atoms with Crippen molar-refractivity contribution < 1.29 is 0 Å². The van der Waals surface area contributed by atoms with Crippen LogP contribution >= 0.6 is 32.9 Å². The first-order valence-corrected chi connectivity index (χ1v) is 9.27. The van der Waals surface area contributed by atoms with Crippen LogP contribution in [0.2, 0.25) is 5.02 Å². The van der Waals surface area contributed by atoms with E-state index in [2.05, 4.69) is 34.1 Å². The normalized spacial score (nSPS) is 16.0. The number of allylic oxidation sites excluding steroid dienone is 1. The lowest BCUT2D eigenvalue weighted by molar-refractivity contribution is 0.385. The van der Waals surface area contributed by atoms with Gasteiger partial charge < -0.3 is 3.11 Å². The molecule has 0 saturated carbocycles. The lowest BCUT2D eigenvalue weighted by atomic mass is 9.92. The Morgan fingerprint density at radius 3 is 2.48 bits per heavy atom. The van der Waals surface area contributed by atoms with Crippen molar-refractivity contribution in [2.75, 3.05) is 13.6 Å². The van der Waals surface area contributed by atoms with Crippen molar-refractivity contribution in [3.8, 4) is 0 Å². The van der Waals surface area contributed by atoms with Gasteiger partial charge in [-0.2, -0.15) is 0 Å². The van der Waals surface area contributed by atoms with Gasteiger partial charge in [0.25, 0.3) is 0 Å². The predicted molar refractivity (Wildman–Crippen MR) is 99.2 cm³/mol. The SMILES string of the molecule is CN1I=NC=C1C(=NCCC(C)(C)C)c1ccc(Cl)cc1. The second-order valence-corrected chi connectivity index (χ2v) is 9.08. The Balaban J connectivity index is 2.27. The molecule has 0 saturated heterocycles. The molecule has 1 aliphatic heterocycles. The quantitative estimate of drug-likeness (QED) is 0.365. The van der Waals surface area contributed by atoms with E-state index >= 15 is 0 Å². The third-order valence-corrected chi connectivity index (χ3v) is 5.10. The van der Waals surface area contributed by atoms with E-state index in [0.717, 1.165) is 35.0 Å². The standard InChI is InChI=1S/C16H21ClIN3/c1-16(2,3)9-10-19-15(14-11-20-18-21(14)4)12-5-7-13(17)8-6-12/h5-8,11H,9-10H2,1-4H3. The molecule has 2 rings (SSSR count). The highest BCUT2D eigenvalue weighted by atomic mass is 127. The molecule has 1 aromatic carbocycles. The summed E-state index contributed by atoms with van der Waals surface area (Å²) in [6, 6.07) is 7.89. The van der Waals surface area contributed by atoms with Gasteiger partial charge in [0, 0.05) is 24.2 Å². The van der Waals surface area contributed by atoms with Crippen molar-refractivity contribution >= 4 is 38.6 Å². The van der Waals surface area contributed by atoms with Gasteiger partial charge in [0.15, 0.2) is 0 Å². The molecule has 0 bridgehead atoms. The molecule has 0 N–H and O–H groups in total. The van der Waals surface area contributed by atoms with Crippen LogP contribution in [0.5, 0.6) is 0 Å². The van der Waals surface area contributed by atoms with Crippen molar-refractivity contribution in [1.82, 2.24) is 3.11 Å². The number of hydrogen-bond donors (Lipinski definition) is 0. The number of rotatable bonds is 4. The van der Waals surface area contributed by atoms with Crippen LogP contribution in [-0.4, -0.2) is 22.4 Å². The Labute approximate surface area is 142 Å². The van der Waals surface area contributed by atoms with E-state index in [1.54, 1.807) is 0 Å². The first kappa shape index (κ1) is 16.6. The van der Waals surface area contributed by atoms with Crippen molar-refractivity contribution in [2.24, 2.45) is 13.6 Å². The third kappa shape index (κ3) is 4.88. The first-order chi connectivity index (χ1) is 9.87. The number of hydrogen-bond acceptors (Lipinski definition) is 3. The number of benzene rings is 1. The fraction of sp³-hybridized carbons (Fsp3) is 0.438. The molecule has 0 amide bonds. The molecule has 5 heteroatoms. The number of aliphatic imine (C=N–C) groups is 1. The summed E-state index contributed by atoms with van der Waals surface area (Å²) in [6.07, 6.45) is 3.02. The molecule has 1 heterocycles. The Morgan fingerprint density at radius 1 is 1.29 bits per heavy atom. The molecule has 0 unspecified atom stereocenters. The fourth-order valence-electron chi connectivity index (χ4n) is 1.89.